The number of hydrogen-bond donors (Lipinski definition) is 2. The molecule has 1 aromatic rings. The summed E-state index contributed by atoms with van der Waals surface area (Å²) in [5.41, 5.74) is 5.33. The molecule has 106 valence electrons. The number of nitrogens with one attached hydrogen (secondary N) is 2. The van der Waals surface area contributed by atoms with E-state index in [9.17, 15) is 9.59 Å². The number of hydrogen-bond acceptors (Lipinski definition) is 4. The predicted molar refractivity (Wildman–Crippen MR) is 73.9 cm³/mol. The van der Waals surface area contributed by atoms with E-state index in [1.807, 2.05) is 24.0 Å². The molecular weight excluding hydrogens is 244 g/mol. The first kappa shape index (κ1) is 17.1. The summed E-state index contributed by atoms with van der Waals surface area (Å²) in [5.74, 6) is 0.267. The average Bonchev–Trinajstić information content (AvgIpc) is 2.41. The summed E-state index contributed by atoms with van der Waals surface area (Å²) >= 11 is 0. The molecule has 0 aliphatic heterocycles. The van der Waals surface area contributed by atoms with Gasteiger partial charge in [-0.15, -0.1) is 0 Å². The van der Waals surface area contributed by atoms with Gasteiger partial charge < -0.3 is 4.84 Å². The van der Waals surface area contributed by atoms with Crippen molar-refractivity contribution in [2.45, 2.75) is 39.5 Å². The number of benzene rings is 1. The van der Waals surface area contributed by atoms with E-state index < -0.39 is 5.97 Å². The van der Waals surface area contributed by atoms with Gasteiger partial charge in [0, 0.05) is 6.42 Å². The topological polar surface area (TPSA) is 67.4 Å². The maximum Gasteiger partial charge on any atom is 0.327 e. The molecule has 0 aliphatic carbocycles. The zero-order valence-electron chi connectivity index (χ0n) is 11.7. The van der Waals surface area contributed by atoms with Crippen molar-refractivity contribution in [3.8, 4) is 0 Å². The Morgan fingerprint density at radius 3 is 2.37 bits per heavy atom. The molecule has 5 heteroatoms. The Bertz CT molecular complexity index is 353. The third-order valence-electron chi connectivity index (χ3n) is 2.20. The van der Waals surface area contributed by atoms with Gasteiger partial charge in [0.15, 0.2) is 0 Å². The van der Waals surface area contributed by atoms with Gasteiger partial charge >= 0.3 is 5.97 Å². The van der Waals surface area contributed by atoms with E-state index in [-0.39, 0.29) is 0 Å². The molecule has 0 spiro atoms. The summed E-state index contributed by atoms with van der Waals surface area (Å²) in [5, 5.41) is 0. The molecule has 0 bridgehead atoms. The fraction of sp³-hybridized carbons (Fsp3) is 0.429. The zero-order valence-corrected chi connectivity index (χ0v) is 11.7. The van der Waals surface area contributed by atoms with Crippen LogP contribution in [0.3, 0.4) is 0 Å². The Labute approximate surface area is 114 Å². The SMILES string of the molecule is CC(C)c1ccccc1.CCCC(=O)ONNC=O. The summed E-state index contributed by atoms with van der Waals surface area (Å²) in [6.07, 6.45) is 1.44. The van der Waals surface area contributed by atoms with Crippen LogP contribution >= 0.6 is 0 Å². The van der Waals surface area contributed by atoms with Crippen molar-refractivity contribution in [2.75, 3.05) is 0 Å². The molecule has 0 saturated carbocycles. The van der Waals surface area contributed by atoms with Crippen LogP contribution in [0.5, 0.6) is 0 Å². The van der Waals surface area contributed by atoms with Crippen LogP contribution in [0.4, 0.5) is 0 Å². The van der Waals surface area contributed by atoms with Crippen molar-refractivity contribution < 1.29 is 14.4 Å². The zero-order chi connectivity index (χ0) is 14.5. The molecule has 1 rings (SSSR count). The van der Waals surface area contributed by atoms with Crippen LogP contribution in [0.1, 0.15) is 45.1 Å². The quantitative estimate of drug-likeness (QED) is 0.471. The lowest BCUT2D eigenvalue weighted by molar-refractivity contribution is -0.154. The number of carbonyl (C=O) groups is 2. The maximum absolute atomic E-state index is 10.5. The smallest absolute Gasteiger partial charge is 0.327 e. The van der Waals surface area contributed by atoms with Gasteiger partial charge in [-0.1, -0.05) is 56.7 Å². The fourth-order valence-corrected chi connectivity index (χ4v) is 1.20. The van der Waals surface area contributed by atoms with Crippen LogP contribution < -0.4 is 11.0 Å². The third kappa shape index (κ3) is 9.79. The van der Waals surface area contributed by atoms with Gasteiger partial charge in [0.05, 0.1) is 0 Å². The highest BCUT2D eigenvalue weighted by Gasteiger charge is 1.97. The monoisotopic (exact) mass is 266 g/mol. The largest absolute Gasteiger partial charge is 0.351 e. The number of carbonyl (C=O) groups excluding carboxylic acids is 2. The maximum atomic E-state index is 10.5. The molecule has 2 N–H and O–H groups in total. The minimum Gasteiger partial charge on any atom is -0.351 e. The summed E-state index contributed by atoms with van der Waals surface area (Å²) < 4.78 is 0. The first-order valence-corrected chi connectivity index (χ1v) is 6.30. The van der Waals surface area contributed by atoms with Crippen LogP contribution in [-0.4, -0.2) is 12.4 Å². The summed E-state index contributed by atoms with van der Waals surface area (Å²) in [7, 11) is 0. The van der Waals surface area contributed by atoms with E-state index in [1.165, 1.54) is 5.56 Å². The Balaban J connectivity index is 0.000000342. The van der Waals surface area contributed by atoms with Crippen LogP contribution in [0.2, 0.25) is 0 Å². The van der Waals surface area contributed by atoms with E-state index >= 15 is 0 Å². The van der Waals surface area contributed by atoms with Gasteiger partial charge in [-0.05, 0) is 17.9 Å². The highest BCUT2D eigenvalue weighted by molar-refractivity contribution is 5.68. The van der Waals surface area contributed by atoms with E-state index in [0.29, 0.717) is 18.7 Å². The van der Waals surface area contributed by atoms with Gasteiger partial charge in [-0.3, -0.25) is 15.0 Å². The number of amides is 1. The molecule has 0 radical (unpaired) electrons. The molecule has 0 heterocycles. The van der Waals surface area contributed by atoms with Gasteiger partial charge in [0.25, 0.3) is 0 Å². The molecule has 19 heavy (non-hydrogen) atoms. The van der Waals surface area contributed by atoms with Gasteiger partial charge in [0.2, 0.25) is 6.41 Å². The van der Waals surface area contributed by atoms with Crippen molar-refractivity contribution in [1.82, 2.24) is 11.0 Å². The van der Waals surface area contributed by atoms with Crippen molar-refractivity contribution in [2.24, 2.45) is 0 Å². The molecule has 0 aliphatic rings. The number of rotatable bonds is 6. The molecule has 1 aromatic carbocycles. The molecule has 0 aromatic heterocycles. The van der Waals surface area contributed by atoms with E-state index in [1.54, 1.807) is 0 Å². The van der Waals surface area contributed by atoms with Crippen molar-refractivity contribution >= 4 is 12.4 Å². The molecular formula is C14H22N2O3. The van der Waals surface area contributed by atoms with E-state index in [0.717, 1.165) is 6.42 Å². The Morgan fingerprint density at radius 2 is 1.95 bits per heavy atom. The van der Waals surface area contributed by atoms with Gasteiger partial charge in [0.1, 0.15) is 0 Å². The molecule has 1 amide bonds. The van der Waals surface area contributed by atoms with Crippen molar-refractivity contribution in [3.63, 3.8) is 0 Å². The lowest BCUT2D eigenvalue weighted by Crippen LogP contribution is -2.32. The van der Waals surface area contributed by atoms with Crippen LogP contribution in [-0.2, 0) is 14.4 Å². The standard InChI is InChI=1S/C9H12.C5H10N2O3/c1-8(2)9-6-4-3-5-7-9;1-2-3-5(9)10-7-6-4-8/h3-8H,1-2H3;4,7H,2-3H2,1H3,(H,6,8). The van der Waals surface area contributed by atoms with Gasteiger partial charge in [-0.2, -0.15) is 0 Å². The van der Waals surface area contributed by atoms with Crippen molar-refractivity contribution in [1.29, 1.82) is 0 Å². The van der Waals surface area contributed by atoms with E-state index in [2.05, 4.69) is 43.0 Å². The Morgan fingerprint density at radius 1 is 1.32 bits per heavy atom. The average molecular weight is 266 g/mol. The predicted octanol–water partition coefficient (Wildman–Crippen LogP) is 2.31. The summed E-state index contributed by atoms with van der Waals surface area (Å²) in [6, 6.07) is 10.5. The van der Waals surface area contributed by atoms with Crippen LogP contribution in [0.25, 0.3) is 0 Å². The summed E-state index contributed by atoms with van der Waals surface area (Å²) in [6.45, 7) is 6.26. The summed E-state index contributed by atoms with van der Waals surface area (Å²) in [4.78, 5) is 24.3. The van der Waals surface area contributed by atoms with Gasteiger partial charge in [-0.25, -0.2) is 0 Å². The molecule has 0 atom stereocenters. The highest BCUT2D eigenvalue weighted by atomic mass is 16.7. The highest BCUT2D eigenvalue weighted by Crippen LogP contribution is 2.11. The second kappa shape index (κ2) is 11.2. The lowest BCUT2D eigenvalue weighted by Gasteiger charge is -2.01. The fourth-order valence-electron chi connectivity index (χ4n) is 1.20. The number of hydrazine groups is 1. The first-order chi connectivity index (χ1) is 9.11. The normalized spacial score (nSPS) is 9.26. The molecule has 0 fully saturated rings. The third-order valence-corrected chi connectivity index (χ3v) is 2.20. The Hall–Kier alpha value is -1.88. The van der Waals surface area contributed by atoms with Crippen LogP contribution in [0, 0.1) is 0 Å². The second-order valence-electron chi connectivity index (χ2n) is 4.15. The minimum atomic E-state index is -0.392. The second-order valence-corrected chi connectivity index (χ2v) is 4.15. The minimum absolute atomic E-state index is 0.341. The molecule has 0 saturated heterocycles. The lowest BCUT2D eigenvalue weighted by atomic mass is 10.0. The Kier molecular flexibility index (Phi) is 10.1. The molecule has 0 unspecified atom stereocenters. The van der Waals surface area contributed by atoms with Crippen LogP contribution in [0.15, 0.2) is 30.3 Å². The van der Waals surface area contributed by atoms with Crippen molar-refractivity contribution in [3.05, 3.63) is 35.9 Å². The molecule has 5 nitrogen and oxygen atoms in total. The first-order valence-electron chi connectivity index (χ1n) is 6.30. The van der Waals surface area contributed by atoms with E-state index in [4.69, 9.17) is 0 Å².